The average molecular weight is 284 g/mol. The van der Waals surface area contributed by atoms with Crippen LogP contribution in [0.2, 0.25) is 0 Å². The van der Waals surface area contributed by atoms with Gasteiger partial charge in [-0.2, -0.15) is 0 Å². The maximum Gasteiger partial charge on any atom is 0.168 e. The van der Waals surface area contributed by atoms with Crippen LogP contribution in [0, 0.1) is 5.92 Å². The summed E-state index contributed by atoms with van der Waals surface area (Å²) in [5, 5.41) is 12.3. The molecule has 1 aliphatic heterocycles. The van der Waals surface area contributed by atoms with E-state index in [2.05, 4.69) is 5.16 Å². The molecule has 0 saturated carbocycles. The van der Waals surface area contributed by atoms with Crippen LogP contribution in [0.15, 0.2) is 59.9 Å². The van der Waals surface area contributed by atoms with Crippen LogP contribution in [-0.2, 0) is 11.2 Å². The summed E-state index contributed by atoms with van der Waals surface area (Å²) < 4.78 is 0. The molecular weight excluding hydrogens is 264 g/mol. The van der Waals surface area contributed by atoms with Crippen LogP contribution >= 0.6 is 0 Å². The Labute approximate surface area is 125 Å². The lowest BCUT2D eigenvalue weighted by molar-refractivity contribution is -0.123. The number of Topliss-reactive ketones (excluding diaryl/α,β-unsaturated/α-hetero) is 1. The van der Waals surface area contributed by atoms with Crippen LogP contribution < -0.4 is 0 Å². The Morgan fingerprint density at radius 2 is 2.05 bits per heavy atom. The maximum absolute atomic E-state index is 12.8. The molecule has 0 saturated heterocycles. The molecule has 1 heterocycles. The third-order valence-electron chi connectivity index (χ3n) is 3.74. The molecule has 0 amide bonds. The summed E-state index contributed by atoms with van der Waals surface area (Å²) in [6.45, 7) is 1.69. The molecule has 2 rings (SSSR count). The van der Waals surface area contributed by atoms with Gasteiger partial charge in [-0.1, -0.05) is 47.6 Å². The van der Waals surface area contributed by atoms with E-state index in [0.717, 1.165) is 5.56 Å². The zero-order valence-electron chi connectivity index (χ0n) is 12.3. The van der Waals surface area contributed by atoms with Gasteiger partial charge in [0.05, 0.1) is 11.6 Å². The van der Waals surface area contributed by atoms with Crippen LogP contribution in [-0.4, -0.2) is 34.7 Å². The first kappa shape index (κ1) is 15.0. The van der Waals surface area contributed by atoms with Gasteiger partial charge in [0.15, 0.2) is 5.78 Å². The molecule has 0 bridgehead atoms. The standard InChI is InChI=1S/C17H20N2O2/c1-13(18-21)15(12-14-8-4-3-5-9-14)17(20)16-10-6-7-11-19(16)2/h3-11,15-16,21H,12H2,1-2H3/b18-13+. The van der Waals surface area contributed by atoms with Crippen LogP contribution in [0.5, 0.6) is 0 Å². The monoisotopic (exact) mass is 284 g/mol. The molecule has 0 radical (unpaired) electrons. The van der Waals surface area contributed by atoms with E-state index in [1.807, 2.05) is 66.7 Å². The second-order valence-corrected chi connectivity index (χ2v) is 5.22. The molecule has 2 atom stereocenters. The highest BCUT2D eigenvalue weighted by molar-refractivity contribution is 6.06. The Hall–Kier alpha value is -2.36. The van der Waals surface area contributed by atoms with Crippen molar-refractivity contribution < 1.29 is 10.0 Å². The third-order valence-corrected chi connectivity index (χ3v) is 3.74. The Morgan fingerprint density at radius 3 is 2.67 bits per heavy atom. The fourth-order valence-electron chi connectivity index (χ4n) is 2.46. The number of allylic oxidation sites excluding steroid dienone is 2. The maximum atomic E-state index is 12.8. The van der Waals surface area contributed by atoms with Crippen molar-refractivity contribution in [3.63, 3.8) is 0 Å². The van der Waals surface area contributed by atoms with Crippen molar-refractivity contribution in [3.8, 4) is 0 Å². The van der Waals surface area contributed by atoms with E-state index in [4.69, 9.17) is 5.21 Å². The molecule has 1 N–H and O–H groups in total. The van der Waals surface area contributed by atoms with Gasteiger partial charge in [0.1, 0.15) is 6.04 Å². The van der Waals surface area contributed by atoms with E-state index in [9.17, 15) is 4.79 Å². The van der Waals surface area contributed by atoms with Crippen LogP contribution in [0.3, 0.4) is 0 Å². The summed E-state index contributed by atoms with van der Waals surface area (Å²) in [4.78, 5) is 14.7. The van der Waals surface area contributed by atoms with Crippen LogP contribution in [0.25, 0.3) is 0 Å². The van der Waals surface area contributed by atoms with E-state index >= 15 is 0 Å². The van der Waals surface area contributed by atoms with E-state index in [-0.39, 0.29) is 11.8 Å². The molecule has 0 spiro atoms. The molecular formula is C17H20N2O2. The fourth-order valence-corrected chi connectivity index (χ4v) is 2.46. The van der Waals surface area contributed by atoms with Gasteiger partial charge < -0.3 is 10.1 Å². The van der Waals surface area contributed by atoms with Crippen molar-refractivity contribution in [2.75, 3.05) is 7.05 Å². The number of hydrogen-bond donors (Lipinski definition) is 1. The van der Waals surface area contributed by atoms with Crippen molar-refractivity contribution in [3.05, 3.63) is 60.3 Å². The molecule has 0 aliphatic carbocycles. The molecule has 4 nitrogen and oxygen atoms in total. The summed E-state index contributed by atoms with van der Waals surface area (Å²) in [5.41, 5.74) is 1.50. The molecule has 110 valence electrons. The van der Waals surface area contributed by atoms with E-state index < -0.39 is 5.92 Å². The number of likely N-dealkylation sites (N-methyl/N-ethyl adjacent to an activating group) is 1. The van der Waals surface area contributed by atoms with Gasteiger partial charge in [-0.05, 0) is 31.2 Å². The smallest absolute Gasteiger partial charge is 0.168 e. The SMILES string of the molecule is C/C(=N\O)C(Cc1ccccc1)C(=O)C1C=CC=CN1C. The molecule has 4 heteroatoms. The molecule has 1 aromatic rings. The third kappa shape index (κ3) is 3.60. The van der Waals surface area contributed by atoms with Gasteiger partial charge in [-0.3, -0.25) is 4.79 Å². The Morgan fingerprint density at radius 1 is 1.33 bits per heavy atom. The van der Waals surface area contributed by atoms with Gasteiger partial charge in [0.25, 0.3) is 0 Å². The quantitative estimate of drug-likeness (QED) is 0.514. The van der Waals surface area contributed by atoms with Gasteiger partial charge in [-0.25, -0.2) is 0 Å². The first-order valence-electron chi connectivity index (χ1n) is 6.96. The molecule has 1 aromatic carbocycles. The summed E-state index contributed by atoms with van der Waals surface area (Å²) >= 11 is 0. The predicted octanol–water partition coefficient (Wildman–Crippen LogP) is 2.65. The Bertz CT molecular complexity index is 576. The first-order chi connectivity index (χ1) is 10.1. The van der Waals surface area contributed by atoms with Crippen LogP contribution in [0.4, 0.5) is 0 Å². The summed E-state index contributed by atoms with van der Waals surface area (Å²) in [6, 6.07) is 9.46. The molecule has 1 aliphatic rings. The number of benzene rings is 1. The second kappa shape index (κ2) is 6.88. The van der Waals surface area contributed by atoms with Crippen molar-refractivity contribution >= 4 is 11.5 Å². The zero-order chi connectivity index (χ0) is 15.2. The number of ketones is 1. The van der Waals surface area contributed by atoms with Crippen molar-refractivity contribution in [2.24, 2.45) is 11.1 Å². The number of rotatable bonds is 5. The lowest BCUT2D eigenvalue weighted by Gasteiger charge is -2.28. The van der Waals surface area contributed by atoms with Gasteiger partial charge in [0.2, 0.25) is 0 Å². The highest BCUT2D eigenvalue weighted by atomic mass is 16.4. The number of hydrogen-bond acceptors (Lipinski definition) is 4. The van der Waals surface area contributed by atoms with Crippen molar-refractivity contribution in [1.29, 1.82) is 0 Å². The highest BCUT2D eigenvalue weighted by Crippen LogP contribution is 2.18. The first-order valence-corrected chi connectivity index (χ1v) is 6.96. The van der Waals surface area contributed by atoms with E-state index in [1.165, 1.54) is 0 Å². The number of oxime groups is 1. The van der Waals surface area contributed by atoms with E-state index in [0.29, 0.717) is 12.1 Å². The minimum atomic E-state index is -0.430. The van der Waals surface area contributed by atoms with E-state index in [1.54, 1.807) is 6.92 Å². The molecule has 0 fully saturated rings. The molecule has 2 unspecified atom stereocenters. The number of carbonyl (C=O) groups excluding carboxylic acids is 1. The minimum absolute atomic E-state index is 0.0391. The number of carbonyl (C=O) groups is 1. The van der Waals surface area contributed by atoms with Crippen molar-refractivity contribution in [2.45, 2.75) is 19.4 Å². The normalized spacial score (nSPS) is 19.6. The summed E-state index contributed by atoms with van der Waals surface area (Å²) in [5.74, 6) is -0.391. The lowest BCUT2D eigenvalue weighted by atomic mass is 9.87. The topological polar surface area (TPSA) is 52.9 Å². The second-order valence-electron chi connectivity index (χ2n) is 5.22. The van der Waals surface area contributed by atoms with Crippen LogP contribution in [0.1, 0.15) is 12.5 Å². The minimum Gasteiger partial charge on any atom is -0.411 e. The average Bonchev–Trinajstić information content (AvgIpc) is 2.53. The lowest BCUT2D eigenvalue weighted by Crippen LogP contribution is -2.41. The Kier molecular flexibility index (Phi) is 4.93. The number of nitrogens with zero attached hydrogens (tertiary/aromatic N) is 2. The van der Waals surface area contributed by atoms with Gasteiger partial charge >= 0.3 is 0 Å². The largest absolute Gasteiger partial charge is 0.411 e. The Balaban J connectivity index is 2.22. The summed E-state index contributed by atoms with van der Waals surface area (Å²) in [6.07, 6.45) is 8.03. The fraction of sp³-hybridized carbons (Fsp3) is 0.294. The molecule has 21 heavy (non-hydrogen) atoms. The molecule has 0 aromatic heterocycles. The zero-order valence-corrected chi connectivity index (χ0v) is 12.3. The summed E-state index contributed by atoms with van der Waals surface area (Å²) in [7, 11) is 1.87. The van der Waals surface area contributed by atoms with Crippen molar-refractivity contribution in [1.82, 2.24) is 4.90 Å². The van der Waals surface area contributed by atoms with Gasteiger partial charge in [0, 0.05) is 7.05 Å². The highest BCUT2D eigenvalue weighted by Gasteiger charge is 2.30. The predicted molar refractivity (Wildman–Crippen MR) is 83.4 cm³/mol. The van der Waals surface area contributed by atoms with Gasteiger partial charge in [-0.15, -0.1) is 0 Å².